The summed E-state index contributed by atoms with van der Waals surface area (Å²) in [6.45, 7) is 5.19. The summed E-state index contributed by atoms with van der Waals surface area (Å²) in [7, 11) is 1.99. The van der Waals surface area contributed by atoms with E-state index in [1.165, 1.54) is 0 Å². The minimum absolute atomic E-state index is 0.438. The highest BCUT2D eigenvalue weighted by molar-refractivity contribution is 9.10. The third-order valence-corrected chi connectivity index (χ3v) is 3.47. The number of anilines is 2. The van der Waals surface area contributed by atoms with Crippen molar-refractivity contribution in [1.82, 2.24) is 0 Å². The fraction of sp³-hybridized carbons (Fsp3) is 0.385. The first-order valence-electron chi connectivity index (χ1n) is 5.80. The standard InChI is InChI=1S/C13H15BrN2O2/c1-7(2)6-16(3)11-5-10-8(4-9(11)14)12(17)13(18)15-10/h4-5,7H,6H2,1-3H3,(H,15,17,18). The van der Waals surface area contributed by atoms with Crippen LogP contribution in [0.15, 0.2) is 16.6 Å². The maximum absolute atomic E-state index is 11.6. The first-order valence-corrected chi connectivity index (χ1v) is 6.59. The summed E-state index contributed by atoms with van der Waals surface area (Å²) in [5.41, 5.74) is 2.00. The highest BCUT2D eigenvalue weighted by Gasteiger charge is 2.29. The molecular formula is C13H15BrN2O2. The number of carbonyl (C=O) groups is 2. The highest BCUT2D eigenvalue weighted by Crippen LogP contribution is 2.35. The van der Waals surface area contributed by atoms with Crippen molar-refractivity contribution in [1.29, 1.82) is 0 Å². The van der Waals surface area contributed by atoms with Gasteiger partial charge < -0.3 is 10.2 Å². The number of nitrogens with zero attached hydrogens (tertiary/aromatic N) is 1. The average Bonchev–Trinajstić information content (AvgIpc) is 2.53. The monoisotopic (exact) mass is 310 g/mol. The Morgan fingerprint density at radius 1 is 1.33 bits per heavy atom. The molecule has 2 rings (SSSR count). The Labute approximate surface area is 114 Å². The van der Waals surface area contributed by atoms with E-state index in [4.69, 9.17) is 0 Å². The van der Waals surface area contributed by atoms with Crippen molar-refractivity contribution in [2.75, 3.05) is 23.8 Å². The minimum atomic E-state index is -0.555. The molecule has 4 nitrogen and oxygen atoms in total. The maximum Gasteiger partial charge on any atom is 0.296 e. The van der Waals surface area contributed by atoms with E-state index < -0.39 is 11.7 Å². The number of Topliss-reactive ketones (excluding diaryl/α,β-unsaturated/α-hetero) is 1. The van der Waals surface area contributed by atoms with Crippen LogP contribution in [0, 0.1) is 5.92 Å². The molecule has 1 amide bonds. The molecule has 96 valence electrons. The van der Waals surface area contributed by atoms with Crippen LogP contribution in [-0.4, -0.2) is 25.3 Å². The molecule has 5 heteroatoms. The number of carbonyl (C=O) groups excluding carboxylic acids is 2. The van der Waals surface area contributed by atoms with Crippen molar-refractivity contribution in [3.8, 4) is 0 Å². The van der Waals surface area contributed by atoms with Crippen LogP contribution in [0.4, 0.5) is 11.4 Å². The molecule has 1 N–H and O–H groups in total. The first-order chi connectivity index (χ1) is 8.40. The molecule has 0 unspecified atom stereocenters. The predicted molar refractivity (Wildman–Crippen MR) is 75.2 cm³/mol. The third kappa shape index (κ3) is 2.27. The van der Waals surface area contributed by atoms with Crippen molar-refractivity contribution in [2.24, 2.45) is 5.92 Å². The number of rotatable bonds is 3. The Morgan fingerprint density at radius 2 is 2.00 bits per heavy atom. The lowest BCUT2D eigenvalue weighted by Crippen LogP contribution is -2.22. The molecular weight excluding hydrogens is 296 g/mol. The van der Waals surface area contributed by atoms with Gasteiger partial charge in [-0.1, -0.05) is 13.8 Å². The second-order valence-electron chi connectivity index (χ2n) is 4.91. The van der Waals surface area contributed by atoms with Crippen LogP contribution in [0.25, 0.3) is 0 Å². The number of ketones is 1. The maximum atomic E-state index is 11.6. The van der Waals surface area contributed by atoms with Crippen molar-refractivity contribution >= 4 is 39.0 Å². The van der Waals surface area contributed by atoms with Gasteiger partial charge in [-0.05, 0) is 34.0 Å². The normalized spacial score (nSPS) is 13.8. The van der Waals surface area contributed by atoms with Crippen LogP contribution in [0.1, 0.15) is 24.2 Å². The zero-order valence-electron chi connectivity index (χ0n) is 10.6. The minimum Gasteiger partial charge on any atom is -0.373 e. The fourth-order valence-corrected chi connectivity index (χ4v) is 2.74. The lowest BCUT2D eigenvalue weighted by Gasteiger charge is -2.23. The molecule has 0 aromatic heterocycles. The van der Waals surface area contributed by atoms with Crippen molar-refractivity contribution < 1.29 is 9.59 Å². The van der Waals surface area contributed by atoms with Crippen LogP contribution in [0.5, 0.6) is 0 Å². The van der Waals surface area contributed by atoms with E-state index >= 15 is 0 Å². The van der Waals surface area contributed by atoms with E-state index in [1.54, 1.807) is 6.07 Å². The summed E-state index contributed by atoms with van der Waals surface area (Å²) in [5, 5.41) is 2.59. The lowest BCUT2D eigenvalue weighted by molar-refractivity contribution is -0.112. The summed E-state index contributed by atoms with van der Waals surface area (Å²) < 4.78 is 0.828. The Bertz CT molecular complexity index is 526. The van der Waals surface area contributed by atoms with Gasteiger partial charge in [0.1, 0.15) is 0 Å². The molecule has 0 bridgehead atoms. The molecule has 1 aliphatic heterocycles. The zero-order chi connectivity index (χ0) is 13.4. The predicted octanol–water partition coefficient (Wildman–Crippen LogP) is 2.68. The molecule has 0 spiro atoms. The molecule has 1 aromatic carbocycles. The van der Waals surface area contributed by atoms with Crippen molar-refractivity contribution in [3.63, 3.8) is 0 Å². The van der Waals surface area contributed by atoms with Crippen molar-refractivity contribution in [2.45, 2.75) is 13.8 Å². The summed E-state index contributed by atoms with van der Waals surface area (Å²) in [5.74, 6) is -0.490. The molecule has 1 aliphatic rings. The summed E-state index contributed by atoms with van der Waals surface area (Å²) >= 11 is 3.45. The molecule has 1 heterocycles. The average molecular weight is 311 g/mol. The largest absolute Gasteiger partial charge is 0.373 e. The quantitative estimate of drug-likeness (QED) is 0.873. The Kier molecular flexibility index (Phi) is 3.43. The Morgan fingerprint density at radius 3 is 2.61 bits per heavy atom. The Hall–Kier alpha value is -1.36. The molecule has 0 aliphatic carbocycles. The van der Waals surface area contributed by atoms with Gasteiger partial charge in [0.2, 0.25) is 0 Å². The molecule has 1 aromatic rings. The Balaban J connectivity index is 2.38. The molecule has 0 atom stereocenters. The van der Waals surface area contributed by atoms with Crippen LogP contribution in [0.3, 0.4) is 0 Å². The number of nitrogens with one attached hydrogen (secondary N) is 1. The fourth-order valence-electron chi connectivity index (χ4n) is 2.09. The highest BCUT2D eigenvalue weighted by atomic mass is 79.9. The van der Waals surface area contributed by atoms with Gasteiger partial charge in [0, 0.05) is 18.1 Å². The van der Waals surface area contributed by atoms with E-state index in [1.807, 2.05) is 13.1 Å². The van der Waals surface area contributed by atoms with Crippen molar-refractivity contribution in [3.05, 3.63) is 22.2 Å². The van der Waals surface area contributed by atoms with Gasteiger partial charge in [0.25, 0.3) is 11.7 Å². The van der Waals surface area contributed by atoms with Crippen LogP contribution >= 0.6 is 15.9 Å². The van der Waals surface area contributed by atoms with Gasteiger partial charge in [-0.2, -0.15) is 0 Å². The number of hydrogen-bond acceptors (Lipinski definition) is 3. The summed E-state index contributed by atoms with van der Waals surface area (Å²) in [6, 6.07) is 3.55. The van der Waals surface area contributed by atoms with E-state index in [-0.39, 0.29) is 0 Å². The number of amides is 1. The zero-order valence-corrected chi connectivity index (χ0v) is 12.2. The van der Waals surface area contributed by atoms with E-state index in [0.717, 1.165) is 16.7 Å². The molecule has 0 saturated heterocycles. The van der Waals surface area contributed by atoms with Gasteiger partial charge in [0.05, 0.1) is 16.9 Å². The second kappa shape index (κ2) is 4.72. The summed E-state index contributed by atoms with van der Waals surface area (Å²) in [6.07, 6.45) is 0. The number of benzene rings is 1. The number of hydrogen-bond donors (Lipinski definition) is 1. The lowest BCUT2D eigenvalue weighted by atomic mass is 10.1. The smallest absolute Gasteiger partial charge is 0.296 e. The van der Waals surface area contributed by atoms with Gasteiger partial charge in [0.15, 0.2) is 0 Å². The molecule has 18 heavy (non-hydrogen) atoms. The van der Waals surface area contributed by atoms with Crippen LogP contribution in [-0.2, 0) is 4.79 Å². The number of fused-ring (bicyclic) bond motifs is 1. The topological polar surface area (TPSA) is 49.4 Å². The van der Waals surface area contributed by atoms with E-state index in [9.17, 15) is 9.59 Å². The van der Waals surface area contributed by atoms with E-state index in [0.29, 0.717) is 17.2 Å². The van der Waals surface area contributed by atoms with Gasteiger partial charge in [-0.15, -0.1) is 0 Å². The SMILES string of the molecule is CC(C)CN(C)c1cc2c(cc1Br)C(=O)C(=O)N2. The molecule has 0 radical (unpaired) electrons. The first kappa shape index (κ1) is 13.1. The number of halogens is 1. The van der Waals surface area contributed by atoms with Gasteiger partial charge in [-0.3, -0.25) is 9.59 Å². The van der Waals surface area contributed by atoms with Crippen LogP contribution < -0.4 is 10.2 Å². The van der Waals surface area contributed by atoms with Gasteiger partial charge >= 0.3 is 0 Å². The summed E-state index contributed by atoms with van der Waals surface area (Å²) in [4.78, 5) is 25.0. The third-order valence-electron chi connectivity index (χ3n) is 2.84. The second-order valence-corrected chi connectivity index (χ2v) is 5.76. The molecule has 0 fully saturated rings. The molecule has 0 saturated carbocycles. The van der Waals surface area contributed by atoms with E-state index in [2.05, 4.69) is 40.0 Å². The van der Waals surface area contributed by atoms with Gasteiger partial charge in [-0.25, -0.2) is 0 Å². The van der Waals surface area contributed by atoms with Crippen LogP contribution in [0.2, 0.25) is 0 Å².